The van der Waals surface area contributed by atoms with Crippen molar-refractivity contribution in [3.63, 3.8) is 0 Å². The predicted octanol–water partition coefficient (Wildman–Crippen LogP) is 3.79. The number of rotatable bonds is 2. The Kier molecular flexibility index (Phi) is 14.7. The maximum absolute atomic E-state index is 11.8. The van der Waals surface area contributed by atoms with Gasteiger partial charge in [0.1, 0.15) is 18.4 Å². The highest BCUT2D eigenvalue weighted by Gasteiger charge is 2.34. The van der Waals surface area contributed by atoms with Gasteiger partial charge < -0.3 is 9.64 Å². The number of ether oxygens (including phenoxy) is 1. The zero-order chi connectivity index (χ0) is 19.1. The normalized spacial score (nSPS) is 19.1. The van der Waals surface area contributed by atoms with Gasteiger partial charge in [0, 0.05) is 6.42 Å². The fourth-order valence-electron chi connectivity index (χ4n) is 2.26. The van der Waals surface area contributed by atoms with Gasteiger partial charge in [-0.25, -0.2) is 0 Å². The van der Waals surface area contributed by atoms with Crippen LogP contribution in [0.3, 0.4) is 0 Å². The van der Waals surface area contributed by atoms with E-state index in [1.165, 1.54) is 0 Å². The van der Waals surface area contributed by atoms with E-state index >= 15 is 0 Å². The molecule has 5 heteroatoms. The Bertz CT molecular complexity index is 442. The van der Waals surface area contributed by atoms with Crippen LogP contribution in [-0.2, 0) is 14.3 Å². The lowest BCUT2D eigenvalue weighted by atomic mass is 10.0. The smallest absolute Gasteiger partial charge is 0.249 e. The lowest BCUT2D eigenvalue weighted by Crippen LogP contribution is -2.53. The van der Waals surface area contributed by atoms with Gasteiger partial charge in [0.25, 0.3) is 0 Å². The molecule has 0 aromatic heterocycles. The molecule has 1 atom stereocenters. The summed E-state index contributed by atoms with van der Waals surface area (Å²) in [5.41, 5.74) is 0.839. The van der Waals surface area contributed by atoms with Crippen LogP contribution in [0.1, 0.15) is 54.4 Å². The second kappa shape index (κ2) is 14.5. The summed E-state index contributed by atoms with van der Waals surface area (Å²) < 4.78 is 5.43. The number of carbonyl (C=O) groups is 2. The number of carbonyl (C=O) groups excluding carboxylic acids is 2. The summed E-state index contributed by atoms with van der Waals surface area (Å²) in [5, 5.41) is 2.37. The number of allylic oxidation sites excluding steroid dienone is 3. The quantitative estimate of drug-likeness (QED) is 0.615. The van der Waals surface area contributed by atoms with Crippen LogP contribution in [0.25, 0.3) is 0 Å². The maximum atomic E-state index is 11.8. The van der Waals surface area contributed by atoms with E-state index in [9.17, 15) is 9.59 Å². The average molecular weight is 338 g/mol. The van der Waals surface area contributed by atoms with E-state index < -0.39 is 0 Å². The van der Waals surface area contributed by atoms with Crippen LogP contribution in [0.2, 0.25) is 0 Å². The third-order valence-corrected chi connectivity index (χ3v) is 3.10. The maximum Gasteiger partial charge on any atom is 0.249 e. The molecular formula is C19H34N2O3. The Hall–Kier alpha value is -2.04. The summed E-state index contributed by atoms with van der Waals surface area (Å²) in [6, 6.07) is -0.292. The first-order chi connectivity index (χ1) is 11.5. The molecule has 2 aliphatic heterocycles. The molecule has 0 aliphatic carbocycles. The number of nitrogens with one attached hydrogen (secondary N) is 1. The molecule has 0 radical (unpaired) electrons. The van der Waals surface area contributed by atoms with Crippen molar-refractivity contribution < 1.29 is 14.3 Å². The number of piperidine rings is 1. The molecule has 1 N–H and O–H groups in total. The van der Waals surface area contributed by atoms with E-state index in [2.05, 4.69) is 18.5 Å². The average Bonchev–Trinajstić information content (AvgIpc) is 2.59. The van der Waals surface area contributed by atoms with E-state index in [1.54, 1.807) is 12.2 Å². The molecule has 5 nitrogen and oxygen atoms in total. The van der Waals surface area contributed by atoms with Gasteiger partial charge in [0.05, 0.1) is 12.2 Å². The van der Waals surface area contributed by atoms with Crippen LogP contribution in [0.15, 0.2) is 36.8 Å². The molecule has 1 unspecified atom stereocenters. The molecule has 0 saturated carbocycles. The second-order valence-corrected chi connectivity index (χ2v) is 4.56. The van der Waals surface area contributed by atoms with Gasteiger partial charge in [-0.3, -0.25) is 14.9 Å². The van der Waals surface area contributed by atoms with Gasteiger partial charge in [-0.15, -0.1) is 6.58 Å². The molecule has 1 fully saturated rings. The number of imide groups is 1. The molecule has 0 aromatic carbocycles. The summed E-state index contributed by atoms with van der Waals surface area (Å²) in [4.78, 5) is 24.9. The van der Waals surface area contributed by atoms with E-state index in [-0.39, 0.29) is 17.9 Å². The van der Waals surface area contributed by atoms with Gasteiger partial charge in [-0.2, -0.15) is 0 Å². The second-order valence-electron chi connectivity index (χ2n) is 4.56. The lowest BCUT2D eigenvalue weighted by molar-refractivity contribution is -0.137. The monoisotopic (exact) mass is 338 g/mol. The van der Waals surface area contributed by atoms with Gasteiger partial charge in [0.15, 0.2) is 0 Å². The zero-order valence-corrected chi connectivity index (χ0v) is 16.1. The van der Waals surface area contributed by atoms with Crippen molar-refractivity contribution in [2.24, 2.45) is 0 Å². The summed E-state index contributed by atoms with van der Waals surface area (Å²) in [5.74, 6) is 0.353. The van der Waals surface area contributed by atoms with Crippen molar-refractivity contribution in [3.05, 3.63) is 36.8 Å². The van der Waals surface area contributed by atoms with Crippen molar-refractivity contribution in [1.82, 2.24) is 10.2 Å². The molecule has 2 aliphatic rings. The lowest BCUT2D eigenvalue weighted by Gasteiger charge is -2.38. The van der Waals surface area contributed by atoms with Gasteiger partial charge in [0.2, 0.25) is 11.8 Å². The Morgan fingerprint density at radius 2 is 1.75 bits per heavy atom. The Morgan fingerprint density at radius 3 is 2.21 bits per heavy atom. The molecule has 1 saturated heterocycles. The zero-order valence-electron chi connectivity index (χ0n) is 16.1. The molecular weight excluding hydrogens is 304 g/mol. The van der Waals surface area contributed by atoms with Gasteiger partial charge in [-0.05, 0) is 26.3 Å². The minimum atomic E-state index is -0.292. The highest BCUT2D eigenvalue weighted by molar-refractivity contribution is 6.00. The Balaban J connectivity index is 0. The molecule has 0 spiro atoms. The third-order valence-electron chi connectivity index (χ3n) is 3.10. The summed E-state index contributed by atoms with van der Waals surface area (Å²) in [7, 11) is 0. The predicted molar refractivity (Wildman–Crippen MR) is 100 cm³/mol. The highest BCUT2D eigenvalue weighted by Crippen LogP contribution is 2.24. The minimum Gasteiger partial charge on any atom is -0.494 e. The van der Waals surface area contributed by atoms with Crippen molar-refractivity contribution >= 4 is 11.8 Å². The van der Waals surface area contributed by atoms with Gasteiger partial charge in [-0.1, -0.05) is 40.3 Å². The van der Waals surface area contributed by atoms with Crippen LogP contribution >= 0.6 is 0 Å². The van der Waals surface area contributed by atoms with E-state index in [1.807, 2.05) is 46.4 Å². The standard InChI is InChI=1S/C12H16N2O3.C3H6.2C2H6/c1-3-9-8(2)17-7-6-14(9)10-4-5-11(15)13-12(10)16;1-3-2;2*1-2/h3,10H,1,4-7H2,2H3,(H,13,15,16);3H,1H2,2H3;2*1-2H3. The number of hydrogen-bond acceptors (Lipinski definition) is 4. The number of hydrogen-bond donors (Lipinski definition) is 1. The van der Waals surface area contributed by atoms with Gasteiger partial charge >= 0.3 is 0 Å². The first kappa shape index (κ1) is 24.2. The summed E-state index contributed by atoms with van der Waals surface area (Å²) >= 11 is 0. The fourth-order valence-corrected chi connectivity index (χ4v) is 2.26. The van der Waals surface area contributed by atoms with Crippen LogP contribution in [-0.4, -0.2) is 35.9 Å². The van der Waals surface area contributed by atoms with Crippen LogP contribution in [0.5, 0.6) is 0 Å². The Labute approximate surface area is 147 Å². The summed E-state index contributed by atoms with van der Waals surface area (Å²) in [6.45, 7) is 20.0. The van der Waals surface area contributed by atoms with Crippen LogP contribution in [0, 0.1) is 0 Å². The van der Waals surface area contributed by atoms with Crippen molar-refractivity contribution in [3.8, 4) is 0 Å². The topological polar surface area (TPSA) is 58.6 Å². The van der Waals surface area contributed by atoms with Crippen molar-refractivity contribution in [2.75, 3.05) is 13.2 Å². The first-order valence-electron chi connectivity index (χ1n) is 8.68. The molecule has 138 valence electrons. The number of amides is 2. The van der Waals surface area contributed by atoms with Crippen LogP contribution in [0.4, 0.5) is 0 Å². The SMILES string of the molecule is C=CC.C=CC1=C(C)OCCN1C1CCC(=O)NC1=O.CC.CC. The minimum absolute atomic E-state index is 0.194. The first-order valence-corrected chi connectivity index (χ1v) is 8.68. The largest absolute Gasteiger partial charge is 0.494 e. The molecule has 24 heavy (non-hydrogen) atoms. The van der Waals surface area contributed by atoms with Crippen molar-refractivity contribution in [2.45, 2.75) is 60.4 Å². The molecule has 2 rings (SSSR count). The molecule has 0 bridgehead atoms. The number of nitrogens with zero attached hydrogens (tertiary/aromatic N) is 1. The van der Waals surface area contributed by atoms with E-state index in [0.29, 0.717) is 26.0 Å². The highest BCUT2D eigenvalue weighted by atomic mass is 16.5. The summed E-state index contributed by atoms with van der Waals surface area (Å²) in [6.07, 6.45) is 4.38. The molecule has 2 amide bonds. The third kappa shape index (κ3) is 7.49. The molecule has 0 aromatic rings. The fraction of sp³-hybridized carbons (Fsp3) is 0.579. The van der Waals surface area contributed by atoms with E-state index in [4.69, 9.17) is 4.74 Å². The molecule has 2 heterocycles. The van der Waals surface area contributed by atoms with Crippen LogP contribution < -0.4 is 5.32 Å². The van der Waals surface area contributed by atoms with Crippen molar-refractivity contribution in [1.29, 1.82) is 0 Å². The Morgan fingerprint density at radius 1 is 1.21 bits per heavy atom. The van der Waals surface area contributed by atoms with E-state index in [0.717, 1.165) is 11.5 Å².